The molecule has 0 unspecified atom stereocenters. The number of nitrogens with zero attached hydrogens (tertiary/aromatic N) is 2. The highest BCUT2D eigenvalue weighted by Crippen LogP contribution is 2.08. The van der Waals surface area contributed by atoms with E-state index in [0.717, 1.165) is 10.9 Å². The van der Waals surface area contributed by atoms with Crippen LogP contribution in [0.2, 0.25) is 0 Å². The Hall–Kier alpha value is -3.85. The first-order chi connectivity index (χ1) is 13.6. The predicted octanol–water partition coefficient (Wildman–Crippen LogP) is 1.95. The van der Waals surface area contributed by atoms with Crippen LogP contribution in [-0.2, 0) is 0 Å². The van der Waals surface area contributed by atoms with Crippen molar-refractivity contribution in [3.8, 4) is 0 Å². The zero-order chi connectivity index (χ0) is 19.9. The molecule has 2 aromatic carbocycles. The number of benzene rings is 1. The Morgan fingerprint density at radius 3 is 2.71 bits per heavy atom. The second-order valence-electron chi connectivity index (χ2n) is 6.02. The van der Waals surface area contributed by atoms with Crippen molar-refractivity contribution >= 4 is 47.2 Å². The Bertz CT molecular complexity index is 1120. The number of nitrogens with one attached hydrogen (secondary N) is 2. The summed E-state index contributed by atoms with van der Waals surface area (Å²) in [6, 6.07) is 16.9. The normalized spacial score (nSPS) is 11.5. The number of aliphatic imine (C=N–C) groups is 1. The van der Waals surface area contributed by atoms with Crippen LogP contribution < -0.4 is 21.1 Å². The molecule has 6 nitrogen and oxygen atoms in total. The number of aromatic carboxylic acids is 1. The van der Waals surface area contributed by atoms with Crippen LogP contribution in [0.5, 0.6) is 0 Å². The molecule has 0 atom stereocenters. The second-order valence-corrected chi connectivity index (χ2v) is 6.02. The van der Waals surface area contributed by atoms with Gasteiger partial charge in [-0.25, -0.2) is 9.78 Å². The molecule has 6 heteroatoms. The molecular formula is C22H20N4O2. The summed E-state index contributed by atoms with van der Waals surface area (Å²) in [5, 5.41) is 17.9. The molecule has 0 aliphatic rings. The Morgan fingerprint density at radius 1 is 1.25 bits per heavy atom. The van der Waals surface area contributed by atoms with E-state index >= 15 is 0 Å². The molecule has 0 spiro atoms. The fourth-order valence-electron chi connectivity index (χ4n) is 2.74. The first-order valence-corrected chi connectivity index (χ1v) is 8.75. The SMILES string of the molecule is C=c1/c(=C\C=NC)c(NCCNc2ccccc2)nc2cc(C(=O)O)c#cc12. The molecule has 1 heterocycles. The van der Waals surface area contributed by atoms with Crippen LogP contribution in [0, 0.1) is 12.1 Å². The maximum Gasteiger partial charge on any atom is 0.344 e. The molecule has 0 radical (unpaired) electrons. The monoisotopic (exact) mass is 372 g/mol. The van der Waals surface area contributed by atoms with E-state index in [1.54, 1.807) is 13.3 Å². The van der Waals surface area contributed by atoms with E-state index in [2.05, 4.69) is 39.3 Å². The van der Waals surface area contributed by atoms with E-state index in [9.17, 15) is 9.90 Å². The van der Waals surface area contributed by atoms with Crippen LogP contribution in [0.3, 0.4) is 0 Å². The fourth-order valence-corrected chi connectivity index (χ4v) is 2.74. The Morgan fingerprint density at radius 2 is 2.00 bits per heavy atom. The van der Waals surface area contributed by atoms with Crippen LogP contribution in [0.4, 0.5) is 11.5 Å². The van der Waals surface area contributed by atoms with Gasteiger partial charge in [-0.1, -0.05) is 36.9 Å². The van der Waals surface area contributed by atoms with Gasteiger partial charge < -0.3 is 15.7 Å². The number of hydrogen-bond acceptors (Lipinski definition) is 5. The van der Waals surface area contributed by atoms with Crippen LogP contribution in [0.1, 0.15) is 10.4 Å². The minimum absolute atomic E-state index is 0.0166. The van der Waals surface area contributed by atoms with Crippen molar-refractivity contribution < 1.29 is 9.90 Å². The van der Waals surface area contributed by atoms with Crippen molar-refractivity contribution in [2.45, 2.75) is 0 Å². The van der Waals surface area contributed by atoms with Crippen LogP contribution in [-0.4, -0.2) is 42.4 Å². The number of carboxylic acid groups (broad SMARTS) is 1. The van der Waals surface area contributed by atoms with Gasteiger partial charge in [-0.05, 0) is 29.5 Å². The number of fused-ring (bicyclic) bond motifs is 1. The molecule has 3 rings (SSSR count). The van der Waals surface area contributed by atoms with Gasteiger partial charge in [-0.15, -0.1) is 0 Å². The standard InChI is InChI=1S/C22H20N4O2/c1-15-18-9-8-16(22(27)28)14-20(18)26-21(19(15)10-11-23-2)25-13-12-24-17-6-4-3-5-7-17/h3-7,10-11,14,24H,1,12-13H2,2H3,(H,25,26)(H,27,28)/b19-10+,23-11?. The molecular weight excluding hydrogens is 352 g/mol. The molecule has 0 saturated carbocycles. The number of carbonyl (C=O) groups is 1. The molecule has 3 N–H and O–H groups in total. The number of hydrogen-bond donors (Lipinski definition) is 3. The van der Waals surface area contributed by atoms with Crippen LogP contribution in [0.15, 0.2) is 41.4 Å². The summed E-state index contributed by atoms with van der Waals surface area (Å²) >= 11 is 0. The molecule has 28 heavy (non-hydrogen) atoms. The Balaban J connectivity index is 1.91. The van der Waals surface area contributed by atoms with E-state index in [0.29, 0.717) is 35.0 Å². The third kappa shape index (κ3) is 4.27. The molecule has 0 bridgehead atoms. The van der Waals surface area contributed by atoms with Gasteiger partial charge in [-0.2, -0.15) is 0 Å². The van der Waals surface area contributed by atoms with Gasteiger partial charge in [0.2, 0.25) is 0 Å². The lowest BCUT2D eigenvalue weighted by Gasteiger charge is -2.10. The zero-order valence-electron chi connectivity index (χ0n) is 15.5. The van der Waals surface area contributed by atoms with Gasteiger partial charge in [0.05, 0.1) is 10.9 Å². The van der Waals surface area contributed by atoms with Crippen molar-refractivity contribution in [1.82, 2.24) is 4.98 Å². The van der Waals surface area contributed by atoms with Crippen LogP contribution in [0.25, 0.3) is 23.6 Å². The first kappa shape index (κ1) is 18.9. The number of aromatic nitrogens is 1. The molecule has 140 valence electrons. The van der Waals surface area contributed by atoms with Crippen molar-refractivity contribution in [3.05, 3.63) is 64.5 Å². The molecule has 0 saturated heterocycles. The Labute approximate surface area is 163 Å². The predicted molar refractivity (Wildman–Crippen MR) is 113 cm³/mol. The number of carboxylic acids is 1. The average molecular weight is 372 g/mol. The number of para-hydroxylation sites is 1. The maximum atomic E-state index is 11.2. The van der Waals surface area contributed by atoms with Gasteiger partial charge in [0.25, 0.3) is 0 Å². The van der Waals surface area contributed by atoms with Crippen molar-refractivity contribution in [2.24, 2.45) is 4.99 Å². The molecule has 0 aliphatic heterocycles. The zero-order valence-corrected chi connectivity index (χ0v) is 15.5. The molecule has 0 amide bonds. The molecule has 3 aromatic rings. The first-order valence-electron chi connectivity index (χ1n) is 8.75. The lowest BCUT2D eigenvalue weighted by Crippen LogP contribution is -2.30. The Kier molecular flexibility index (Phi) is 5.87. The van der Waals surface area contributed by atoms with Crippen LogP contribution >= 0.6 is 0 Å². The fraction of sp³-hybridized carbons (Fsp3) is 0.136. The van der Waals surface area contributed by atoms with E-state index in [4.69, 9.17) is 0 Å². The van der Waals surface area contributed by atoms with E-state index < -0.39 is 5.97 Å². The third-order valence-corrected chi connectivity index (χ3v) is 4.11. The van der Waals surface area contributed by atoms with Gasteiger partial charge in [0.15, 0.2) is 0 Å². The highest BCUT2D eigenvalue weighted by molar-refractivity contribution is 5.94. The lowest BCUT2D eigenvalue weighted by molar-refractivity contribution is 0.0697. The average Bonchev–Trinajstić information content (AvgIpc) is 2.71. The van der Waals surface area contributed by atoms with E-state index in [-0.39, 0.29) is 5.56 Å². The number of anilines is 2. The van der Waals surface area contributed by atoms with E-state index in [1.807, 2.05) is 36.4 Å². The summed E-state index contributed by atoms with van der Waals surface area (Å²) in [5.41, 5.74) is 1.56. The van der Waals surface area contributed by atoms with Crippen molar-refractivity contribution in [1.29, 1.82) is 0 Å². The minimum Gasteiger partial charge on any atom is -0.477 e. The number of rotatable bonds is 7. The number of pyridine rings is 1. The summed E-state index contributed by atoms with van der Waals surface area (Å²) in [7, 11) is 1.68. The quantitative estimate of drug-likeness (QED) is 0.436. The van der Waals surface area contributed by atoms with Crippen molar-refractivity contribution in [3.63, 3.8) is 0 Å². The lowest BCUT2D eigenvalue weighted by atomic mass is 10.1. The highest BCUT2D eigenvalue weighted by atomic mass is 16.4. The van der Waals surface area contributed by atoms with Crippen molar-refractivity contribution in [2.75, 3.05) is 30.8 Å². The van der Waals surface area contributed by atoms with Gasteiger partial charge in [-0.3, -0.25) is 4.99 Å². The maximum absolute atomic E-state index is 11.2. The minimum atomic E-state index is -1.07. The highest BCUT2D eigenvalue weighted by Gasteiger charge is 2.08. The molecule has 0 fully saturated rings. The largest absolute Gasteiger partial charge is 0.477 e. The third-order valence-electron chi connectivity index (χ3n) is 4.11. The van der Waals surface area contributed by atoms with Gasteiger partial charge >= 0.3 is 5.97 Å². The molecule has 1 aromatic heterocycles. The molecule has 0 aliphatic carbocycles. The van der Waals surface area contributed by atoms with E-state index in [1.165, 1.54) is 6.07 Å². The second kappa shape index (κ2) is 8.69. The smallest absolute Gasteiger partial charge is 0.344 e. The summed E-state index contributed by atoms with van der Waals surface area (Å²) in [4.78, 5) is 19.8. The van der Waals surface area contributed by atoms with Gasteiger partial charge in [0.1, 0.15) is 11.4 Å². The summed E-state index contributed by atoms with van der Waals surface area (Å²) in [6.07, 6.45) is 3.49. The van der Waals surface area contributed by atoms with Gasteiger partial charge in [0, 0.05) is 37.3 Å². The topological polar surface area (TPSA) is 86.6 Å². The summed E-state index contributed by atoms with van der Waals surface area (Å²) in [6.45, 7) is 5.43. The summed E-state index contributed by atoms with van der Waals surface area (Å²) < 4.78 is 0. The summed E-state index contributed by atoms with van der Waals surface area (Å²) in [5.74, 6) is -0.455.